The molecule has 2 nitrogen and oxygen atoms in total. The average molecular weight is 319 g/mol. The Morgan fingerprint density at radius 2 is 1.43 bits per heavy atom. The maximum atomic E-state index is 12.9. The van der Waals surface area contributed by atoms with Crippen LogP contribution in [0.5, 0.6) is 5.75 Å². The first-order chi connectivity index (χ1) is 11.3. The first-order valence-electron chi connectivity index (χ1n) is 9.44. The summed E-state index contributed by atoms with van der Waals surface area (Å²) in [6.45, 7) is 0.766. The third-order valence-electron chi connectivity index (χ3n) is 5.47. The molecule has 1 aromatic rings. The monoisotopic (exact) mass is 319 g/mol. The molecule has 0 atom stereocenters. The Hall–Kier alpha value is -1.09. The van der Waals surface area contributed by atoms with E-state index in [1.165, 1.54) is 76.3 Å². The lowest BCUT2D eigenvalue weighted by Gasteiger charge is -2.32. The van der Waals surface area contributed by atoms with Gasteiger partial charge >= 0.3 is 0 Å². The molecule has 1 N–H and O–H groups in total. The Morgan fingerprint density at radius 3 is 2.09 bits per heavy atom. The van der Waals surface area contributed by atoms with Crippen LogP contribution in [0.4, 0.5) is 4.39 Å². The van der Waals surface area contributed by atoms with E-state index in [9.17, 15) is 4.39 Å². The van der Waals surface area contributed by atoms with Gasteiger partial charge < -0.3 is 10.1 Å². The average Bonchev–Trinajstić information content (AvgIpc) is 2.84. The normalized spacial score (nSPS) is 26.7. The maximum Gasteiger partial charge on any atom is 0.123 e. The Kier molecular flexibility index (Phi) is 6.32. The van der Waals surface area contributed by atoms with Crippen molar-refractivity contribution < 1.29 is 9.13 Å². The van der Waals surface area contributed by atoms with Gasteiger partial charge in [-0.3, -0.25) is 0 Å². The van der Waals surface area contributed by atoms with E-state index >= 15 is 0 Å². The van der Waals surface area contributed by atoms with Gasteiger partial charge in [-0.15, -0.1) is 0 Å². The van der Waals surface area contributed by atoms with Crippen molar-refractivity contribution in [2.24, 2.45) is 5.92 Å². The van der Waals surface area contributed by atoms with Crippen molar-refractivity contribution >= 4 is 0 Å². The zero-order valence-corrected chi connectivity index (χ0v) is 14.1. The van der Waals surface area contributed by atoms with Gasteiger partial charge in [-0.05, 0) is 68.7 Å². The highest BCUT2D eigenvalue weighted by Crippen LogP contribution is 2.27. The van der Waals surface area contributed by atoms with Gasteiger partial charge in [0, 0.05) is 12.1 Å². The van der Waals surface area contributed by atoms with Crippen molar-refractivity contribution in [1.29, 1.82) is 0 Å². The number of ether oxygens (including phenoxy) is 1. The SMILES string of the molecule is Fc1ccc(OCC2CCC(NC3CCCCCC3)CC2)cc1. The van der Waals surface area contributed by atoms with Gasteiger partial charge in [0.1, 0.15) is 11.6 Å². The van der Waals surface area contributed by atoms with Crippen LogP contribution in [0.2, 0.25) is 0 Å². The number of nitrogens with one attached hydrogen (secondary N) is 1. The van der Waals surface area contributed by atoms with Gasteiger partial charge in [0.15, 0.2) is 0 Å². The second-order valence-electron chi connectivity index (χ2n) is 7.34. The van der Waals surface area contributed by atoms with Crippen molar-refractivity contribution in [3.63, 3.8) is 0 Å². The molecule has 0 aromatic heterocycles. The van der Waals surface area contributed by atoms with Crippen LogP contribution in [-0.4, -0.2) is 18.7 Å². The molecule has 3 heteroatoms. The fourth-order valence-corrected chi connectivity index (χ4v) is 4.02. The van der Waals surface area contributed by atoms with Crippen LogP contribution in [0.3, 0.4) is 0 Å². The molecule has 0 bridgehead atoms. The molecular formula is C20H30FNO. The molecule has 2 aliphatic carbocycles. The Bertz CT molecular complexity index is 445. The molecule has 3 rings (SSSR count). The van der Waals surface area contributed by atoms with E-state index in [1.807, 2.05) is 0 Å². The molecule has 0 spiro atoms. The summed E-state index contributed by atoms with van der Waals surface area (Å²) in [5, 5.41) is 3.92. The van der Waals surface area contributed by atoms with Gasteiger partial charge in [-0.2, -0.15) is 0 Å². The summed E-state index contributed by atoms with van der Waals surface area (Å²) < 4.78 is 18.7. The minimum atomic E-state index is -0.206. The summed E-state index contributed by atoms with van der Waals surface area (Å²) >= 11 is 0. The molecule has 0 saturated heterocycles. The fraction of sp³-hybridized carbons (Fsp3) is 0.700. The predicted octanol–water partition coefficient (Wildman–Crippen LogP) is 5.08. The third-order valence-corrected chi connectivity index (χ3v) is 5.47. The number of halogens is 1. The molecule has 0 unspecified atom stereocenters. The number of rotatable bonds is 5. The highest BCUT2D eigenvalue weighted by Gasteiger charge is 2.24. The van der Waals surface area contributed by atoms with Crippen LogP contribution in [0.15, 0.2) is 24.3 Å². The second-order valence-corrected chi connectivity index (χ2v) is 7.34. The molecule has 0 radical (unpaired) electrons. The maximum absolute atomic E-state index is 12.9. The quantitative estimate of drug-likeness (QED) is 0.765. The van der Waals surface area contributed by atoms with Crippen LogP contribution in [0.25, 0.3) is 0 Å². The largest absolute Gasteiger partial charge is 0.493 e. The lowest BCUT2D eigenvalue weighted by Crippen LogP contribution is -2.40. The van der Waals surface area contributed by atoms with Gasteiger partial charge in [-0.25, -0.2) is 4.39 Å². The fourth-order valence-electron chi connectivity index (χ4n) is 4.02. The van der Waals surface area contributed by atoms with Crippen molar-refractivity contribution in [1.82, 2.24) is 5.32 Å². The van der Waals surface area contributed by atoms with Crippen LogP contribution in [0, 0.1) is 11.7 Å². The lowest BCUT2D eigenvalue weighted by atomic mass is 9.86. The molecule has 2 saturated carbocycles. The van der Waals surface area contributed by atoms with Crippen molar-refractivity contribution in [2.75, 3.05) is 6.61 Å². The summed E-state index contributed by atoms with van der Waals surface area (Å²) in [6.07, 6.45) is 13.4. The van der Waals surface area contributed by atoms with E-state index in [-0.39, 0.29) is 5.82 Å². The molecule has 0 aliphatic heterocycles. The minimum Gasteiger partial charge on any atom is -0.493 e. The summed E-state index contributed by atoms with van der Waals surface area (Å²) in [6, 6.07) is 7.82. The Labute approximate surface area is 139 Å². The first kappa shape index (κ1) is 16.8. The molecule has 23 heavy (non-hydrogen) atoms. The van der Waals surface area contributed by atoms with Crippen LogP contribution in [0.1, 0.15) is 64.2 Å². The van der Waals surface area contributed by atoms with Gasteiger partial charge in [-0.1, -0.05) is 25.7 Å². The van der Waals surface area contributed by atoms with E-state index in [0.717, 1.165) is 18.4 Å². The van der Waals surface area contributed by atoms with Gasteiger partial charge in [0.05, 0.1) is 6.61 Å². The smallest absolute Gasteiger partial charge is 0.123 e. The molecule has 0 heterocycles. The summed E-state index contributed by atoms with van der Waals surface area (Å²) in [5.74, 6) is 1.22. The summed E-state index contributed by atoms with van der Waals surface area (Å²) in [5.41, 5.74) is 0. The summed E-state index contributed by atoms with van der Waals surface area (Å²) in [4.78, 5) is 0. The second kappa shape index (κ2) is 8.68. The van der Waals surface area contributed by atoms with Crippen molar-refractivity contribution in [3.05, 3.63) is 30.1 Å². The molecule has 128 valence electrons. The Morgan fingerprint density at radius 1 is 0.826 bits per heavy atom. The first-order valence-corrected chi connectivity index (χ1v) is 9.44. The van der Waals surface area contributed by atoms with Gasteiger partial charge in [0.25, 0.3) is 0 Å². The summed E-state index contributed by atoms with van der Waals surface area (Å²) in [7, 11) is 0. The highest BCUT2D eigenvalue weighted by atomic mass is 19.1. The van der Waals surface area contributed by atoms with Gasteiger partial charge in [0.2, 0.25) is 0 Å². The zero-order chi connectivity index (χ0) is 15.9. The van der Waals surface area contributed by atoms with Crippen LogP contribution >= 0.6 is 0 Å². The lowest BCUT2D eigenvalue weighted by molar-refractivity contribution is 0.185. The van der Waals surface area contributed by atoms with Crippen molar-refractivity contribution in [2.45, 2.75) is 76.3 Å². The Balaban J connectivity index is 1.35. The predicted molar refractivity (Wildman–Crippen MR) is 92.3 cm³/mol. The highest BCUT2D eigenvalue weighted by molar-refractivity contribution is 5.22. The van der Waals surface area contributed by atoms with E-state index in [0.29, 0.717) is 12.0 Å². The number of hydrogen-bond acceptors (Lipinski definition) is 2. The minimum absolute atomic E-state index is 0.206. The molecule has 1 aromatic carbocycles. The molecule has 2 aliphatic rings. The molecule has 2 fully saturated rings. The molecular weight excluding hydrogens is 289 g/mol. The van der Waals surface area contributed by atoms with E-state index in [1.54, 1.807) is 12.1 Å². The number of benzene rings is 1. The number of hydrogen-bond donors (Lipinski definition) is 1. The van der Waals surface area contributed by atoms with E-state index < -0.39 is 0 Å². The zero-order valence-electron chi connectivity index (χ0n) is 14.1. The standard InChI is InChI=1S/C20H30FNO/c21-17-9-13-20(14-10-17)23-15-16-7-11-19(12-8-16)22-18-5-3-1-2-4-6-18/h9-10,13-14,16,18-19,22H,1-8,11-12,15H2. The topological polar surface area (TPSA) is 21.3 Å². The van der Waals surface area contributed by atoms with Crippen LogP contribution < -0.4 is 10.1 Å². The third kappa shape index (κ3) is 5.49. The van der Waals surface area contributed by atoms with Crippen molar-refractivity contribution in [3.8, 4) is 5.75 Å². The van der Waals surface area contributed by atoms with Crippen LogP contribution in [-0.2, 0) is 0 Å². The van der Waals surface area contributed by atoms with E-state index in [2.05, 4.69) is 5.32 Å². The molecule has 0 amide bonds. The van der Waals surface area contributed by atoms with E-state index in [4.69, 9.17) is 4.74 Å².